The number of rotatable bonds is 6. The Labute approximate surface area is 182 Å². The van der Waals surface area contributed by atoms with Crippen LogP contribution in [0.3, 0.4) is 0 Å². The molecule has 1 N–H and O–H groups in total. The van der Waals surface area contributed by atoms with Gasteiger partial charge in [-0.15, -0.1) is 0 Å². The number of pyridine rings is 1. The van der Waals surface area contributed by atoms with Gasteiger partial charge in [-0.05, 0) is 42.3 Å². The molecular formula is C22H19ClF2N2O4. The van der Waals surface area contributed by atoms with Gasteiger partial charge in [0.05, 0.1) is 12.8 Å². The second-order valence-corrected chi connectivity index (χ2v) is 6.98. The average molecular weight is 449 g/mol. The third kappa shape index (κ3) is 5.03. The standard InChI is InChI=1S/C22H19ClF2N2O4/c1-13-9-19(20(23)21(28)27(13)18-6-4-3-5-17(18)25)31-12-14-7-8-16(24)10-15(14)11-26-22(29)30-2/h3-10H,11-12H2,1-2H3,(H,26,29). The first-order chi connectivity index (χ1) is 14.8. The zero-order valence-corrected chi connectivity index (χ0v) is 17.5. The molecule has 2 aromatic carbocycles. The van der Waals surface area contributed by atoms with Crippen LogP contribution in [0, 0.1) is 18.6 Å². The van der Waals surface area contributed by atoms with Crippen LogP contribution in [0.4, 0.5) is 13.6 Å². The Bertz CT molecular complexity index is 1180. The van der Waals surface area contributed by atoms with Gasteiger partial charge in [-0.1, -0.05) is 29.8 Å². The zero-order chi connectivity index (χ0) is 22.5. The van der Waals surface area contributed by atoms with E-state index >= 15 is 0 Å². The minimum absolute atomic E-state index is 0.0186. The van der Waals surface area contributed by atoms with E-state index in [0.29, 0.717) is 16.8 Å². The van der Waals surface area contributed by atoms with Crippen molar-refractivity contribution in [2.75, 3.05) is 7.11 Å². The van der Waals surface area contributed by atoms with Crippen molar-refractivity contribution < 1.29 is 23.0 Å². The molecule has 1 aromatic heterocycles. The van der Waals surface area contributed by atoms with Gasteiger partial charge in [0.2, 0.25) is 0 Å². The lowest BCUT2D eigenvalue weighted by atomic mass is 10.1. The summed E-state index contributed by atoms with van der Waals surface area (Å²) >= 11 is 6.21. The van der Waals surface area contributed by atoms with Gasteiger partial charge in [0.1, 0.15) is 29.0 Å². The Hall–Kier alpha value is -3.39. The molecule has 1 amide bonds. The first kappa shape index (κ1) is 22.3. The maximum Gasteiger partial charge on any atom is 0.407 e. The Morgan fingerprint density at radius 2 is 1.87 bits per heavy atom. The molecule has 3 rings (SSSR count). The van der Waals surface area contributed by atoms with Gasteiger partial charge < -0.3 is 14.8 Å². The highest BCUT2D eigenvalue weighted by molar-refractivity contribution is 6.31. The summed E-state index contributed by atoms with van der Waals surface area (Å²) < 4.78 is 39.2. The van der Waals surface area contributed by atoms with Crippen LogP contribution in [0.1, 0.15) is 16.8 Å². The van der Waals surface area contributed by atoms with Crippen LogP contribution in [-0.2, 0) is 17.9 Å². The topological polar surface area (TPSA) is 69.6 Å². The molecule has 0 spiro atoms. The van der Waals surface area contributed by atoms with Crippen LogP contribution in [0.2, 0.25) is 5.02 Å². The number of nitrogens with one attached hydrogen (secondary N) is 1. The van der Waals surface area contributed by atoms with Crippen LogP contribution < -0.4 is 15.6 Å². The van der Waals surface area contributed by atoms with Crippen molar-refractivity contribution in [3.8, 4) is 11.4 Å². The van der Waals surface area contributed by atoms with Crippen molar-refractivity contribution in [2.24, 2.45) is 0 Å². The summed E-state index contributed by atoms with van der Waals surface area (Å²) in [5.41, 5.74) is 0.908. The normalized spacial score (nSPS) is 10.6. The molecule has 6 nitrogen and oxygen atoms in total. The molecule has 0 aliphatic heterocycles. The summed E-state index contributed by atoms with van der Waals surface area (Å²) in [5, 5.41) is 2.26. The lowest BCUT2D eigenvalue weighted by Crippen LogP contribution is -2.23. The molecule has 0 saturated heterocycles. The number of benzene rings is 2. The highest BCUT2D eigenvalue weighted by Gasteiger charge is 2.16. The molecule has 162 valence electrons. The number of ether oxygens (including phenoxy) is 2. The van der Waals surface area contributed by atoms with Gasteiger partial charge in [0, 0.05) is 18.3 Å². The molecule has 3 aromatic rings. The Kier molecular flexibility index (Phi) is 6.91. The summed E-state index contributed by atoms with van der Waals surface area (Å²) in [5.74, 6) is -0.939. The number of nitrogens with zero attached hydrogens (tertiary/aromatic N) is 1. The van der Waals surface area contributed by atoms with Gasteiger partial charge in [0.15, 0.2) is 0 Å². The number of aryl methyl sites for hydroxylation is 1. The van der Waals surface area contributed by atoms with Crippen LogP contribution >= 0.6 is 11.6 Å². The van der Waals surface area contributed by atoms with Crippen LogP contribution in [0.15, 0.2) is 53.3 Å². The fourth-order valence-corrected chi connectivity index (χ4v) is 3.21. The van der Waals surface area contributed by atoms with Crippen LogP contribution in [-0.4, -0.2) is 17.8 Å². The smallest absolute Gasteiger partial charge is 0.407 e. The molecule has 0 bridgehead atoms. The summed E-state index contributed by atoms with van der Waals surface area (Å²) in [7, 11) is 1.22. The van der Waals surface area contributed by atoms with Crippen molar-refractivity contribution in [1.29, 1.82) is 0 Å². The molecule has 0 radical (unpaired) electrons. The monoisotopic (exact) mass is 448 g/mol. The fourth-order valence-electron chi connectivity index (χ4n) is 3.01. The van der Waals surface area contributed by atoms with E-state index in [2.05, 4.69) is 10.1 Å². The summed E-state index contributed by atoms with van der Waals surface area (Å²) in [6.07, 6.45) is -0.661. The first-order valence-corrected chi connectivity index (χ1v) is 9.58. The number of hydrogen-bond donors (Lipinski definition) is 1. The second-order valence-electron chi connectivity index (χ2n) is 6.60. The van der Waals surface area contributed by atoms with Gasteiger partial charge in [-0.25, -0.2) is 13.6 Å². The van der Waals surface area contributed by atoms with E-state index in [0.717, 1.165) is 4.57 Å². The number of hydrogen-bond acceptors (Lipinski definition) is 4. The Morgan fingerprint density at radius 1 is 1.13 bits per heavy atom. The first-order valence-electron chi connectivity index (χ1n) is 9.20. The molecule has 0 aliphatic carbocycles. The summed E-state index contributed by atoms with van der Waals surface area (Å²) in [4.78, 5) is 24.1. The third-order valence-corrected chi connectivity index (χ3v) is 4.90. The fraction of sp³-hybridized carbons (Fsp3) is 0.182. The number of aromatic nitrogens is 1. The molecule has 0 unspecified atom stereocenters. The number of para-hydroxylation sites is 1. The molecule has 0 aliphatic rings. The van der Waals surface area contributed by atoms with Crippen molar-refractivity contribution in [3.05, 3.63) is 92.4 Å². The lowest BCUT2D eigenvalue weighted by molar-refractivity contribution is 0.170. The lowest BCUT2D eigenvalue weighted by Gasteiger charge is -2.16. The highest BCUT2D eigenvalue weighted by Crippen LogP contribution is 2.26. The average Bonchev–Trinajstić information content (AvgIpc) is 2.75. The number of carbonyl (C=O) groups excluding carboxylic acids is 1. The number of amides is 1. The van der Waals surface area contributed by atoms with E-state index in [1.165, 1.54) is 49.6 Å². The van der Waals surface area contributed by atoms with Crippen molar-refractivity contribution in [3.63, 3.8) is 0 Å². The minimum atomic E-state index is -0.661. The number of methoxy groups -OCH3 is 1. The van der Waals surface area contributed by atoms with E-state index < -0.39 is 23.3 Å². The molecule has 0 atom stereocenters. The second kappa shape index (κ2) is 9.61. The maximum absolute atomic E-state index is 14.2. The Balaban J connectivity index is 1.87. The molecule has 9 heteroatoms. The highest BCUT2D eigenvalue weighted by atomic mass is 35.5. The SMILES string of the molecule is COC(=O)NCc1cc(F)ccc1COc1cc(C)n(-c2ccccc2F)c(=O)c1Cl. The van der Waals surface area contributed by atoms with Crippen LogP contribution in [0.25, 0.3) is 5.69 Å². The Morgan fingerprint density at radius 3 is 2.58 bits per heavy atom. The minimum Gasteiger partial charge on any atom is -0.487 e. The van der Waals surface area contributed by atoms with Gasteiger partial charge in [0.25, 0.3) is 5.56 Å². The maximum atomic E-state index is 14.2. The predicted molar refractivity (Wildman–Crippen MR) is 112 cm³/mol. The van der Waals surface area contributed by atoms with E-state index in [9.17, 15) is 18.4 Å². The summed E-state index contributed by atoms with van der Waals surface area (Å²) in [6, 6.07) is 11.4. The number of carbonyl (C=O) groups is 1. The molecule has 0 saturated carbocycles. The molecule has 0 fully saturated rings. The third-order valence-electron chi connectivity index (χ3n) is 4.55. The predicted octanol–water partition coefficient (Wildman–Crippen LogP) is 4.51. The summed E-state index contributed by atoms with van der Waals surface area (Å²) in [6.45, 7) is 1.60. The van der Waals surface area contributed by atoms with Gasteiger partial charge >= 0.3 is 6.09 Å². The van der Waals surface area contributed by atoms with E-state index in [-0.39, 0.29) is 29.6 Å². The molecule has 1 heterocycles. The zero-order valence-electron chi connectivity index (χ0n) is 16.7. The van der Waals surface area contributed by atoms with E-state index in [4.69, 9.17) is 16.3 Å². The molecule has 31 heavy (non-hydrogen) atoms. The van der Waals surface area contributed by atoms with Crippen molar-refractivity contribution >= 4 is 17.7 Å². The van der Waals surface area contributed by atoms with Crippen molar-refractivity contribution in [1.82, 2.24) is 9.88 Å². The quantitative estimate of drug-likeness (QED) is 0.602. The number of halogens is 3. The van der Waals surface area contributed by atoms with Gasteiger partial charge in [-0.2, -0.15) is 0 Å². The van der Waals surface area contributed by atoms with E-state index in [1.807, 2.05) is 0 Å². The van der Waals surface area contributed by atoms with Crippen LogP contribution in [0.5, 0.6) is 5.75 Å². The molecular weight excluding hydrogens is 430 g/mol. The largest absolute Gasteiger partial charge is 0.487 e. The van der Waals surface area contributed by atoms with Crippen molar-refractivity contribution in [2.45, 2.75) is 20.1 Å². The number of alkyl carbamates (subject to hydrolysis) is 1. The van der Waals surface area contributed by atoms with Gasteiger partial charge in [-0.3, -0.25) is 9.36 Å². The van der Waals surface area contributed by atoms with E-state index in [1.54, 1.807) is 13.0 Å².